The van der Waals surface area contributed by atoms with Gasteiger partial charge in [-0.2, -0.15) is 8.42 Å². The molecule has 0 aromatic heterocycles. The number of esters is 1. The molecule has 1 aliphatic rings. The lowest BCUT2D eigenvalue weighted by atomic mass is 9.99. The van der Waals surface area contributed by atoms with Crippen molar-refractivity contribution in [2.24, 2.45) is 0 Å². The summed E-state index contributed by atoms with van der Waals surface area (Å²) in [5.41, 5.74) is 0. The summed E-state index contributed by atoms with van der Waals surface area (Å²) in [4.78, 5) is 12.9. The van der Waals surface area contributed by atoms with Crippen LogP contribution >= 0.6 is 0 Å². The van der Waals surface area contributed by atoms with E-state index in [4.69, 9.17) is 18.9 Å². The van der Waals surface area contributed by atoms with Crippen LogP contribution in [0.15, 0.2) is 85.1 Å². The Kier molecular flexibility index (Phi) is 44.1. The molecule has 1 rings (SSSR count). The average Bonchev–Trinajstić information content (AvgIpc) is 3.34. The molecule has 1 saturated heterocycles. The molecule has 0 spiro atoms. The third kappa shape index (κ3) is 39.8. The quantitative estimate of drug-likeness (QED) is 0.0197. The summed E-state index contributed by atoms with van der Waals surface area (Å²) in [6.07, 6.45) is 54.7. The van der Waals surface area contributed by atoms with Crippen molar-refractivity contribution >= 4 is 16.4 Å². The fourth-order valence-corrected chi connectivity index (χ4v) is 8.48. The van der Waals surface area contributed by atoms with Crippen LogP contribution < -0.4 is 0 Å². The lowest BCUT2D eigenvalue weighted by Crippen LogP contribution is -2.60. The standard InChI is InChI=1S/C57H98O12S/c1-3-5-7-9-11-13-15-17-19-21-22-23-24-25-26-27-28-29-31-33-35-37-39-41-43-45-47-65-49-51(50-66-57-55(61)56(69-70(62,63)64)54(60)52(48-58)68-57)67-53(59)46-44-42-40-38-36-34-32-30-20-18-16-14-12-10-8-6-4-2/h5-8,11-14,17-20,22-23,51-52,54-58,60-61H,3-4,9-10,15-16,21,24-50H2,1-2H3,(H,62,63,64)/b7-5-,8-6-,13-11-,14-12-,19-17-,20-18-,23-22-. The van der Waals surface area contributed by atoms with Gasteiger partial charge in [-0.05, 0) is 83.5 Å². The number of ether oxygens (including phenoxy) is 4. The predicted octanol–water partition coefficient (Wildman–Crippen LogP) is 13.2. The van der Waals surface area contributed by atoms with Crippen molar-refractivity contribution in [3.05, 3.63) is 85.1 Å². The second kappa shape index (κ2) is 47.3. The van der Waals surface area contributed by atoms with Gasteiger partial charge in [0.1, 0.15) is 30.5 Å². The lowest BCUT2D eigenvalue weighted by Gasteiger charge is -2.41. The maximum Gasteiger partial charge on any atom is 0.397 e. The minimum Gasteiger partial charge on any atom is -0.457 e. The highest BCUT2D eigenvalue weighted by Crippen LogP contribution is 2.26. The molecule has 0 amide bonds. The number of rotatable bonds is 47. The van der Waals surface area contributed by atoms with Crippen LogP contribution in [0.25, 0.3) is 0 Å². The van der Waals surface area contributed by atoms with E-state index in [9.17, 15) is 33.1 Å². The summed E-state index contributed by atoms with van der Waals surface area (Å²) >= 11 is 0. The number of unbranched alkanes of at least 4 members (excludes halogenated alkanes) is 20. The maximum atomic E-state index is 12.9. The van der Waals surface area contributed by atoms with Gasteiger partial charge in [0.05, 0.1) is 19.8 Å². The third-order valence-corrected chi connectivity index (χ3v) is 12.5. The molecule has 70 heavy (non-hydrogen) atoms. The predicted molar refractivity (Wildman–Crippen MR) is 285 cm³/mol. The third-order valence-electron chi connectivity index (χ3n) is 12.0. The number of aliphatic hydroxyl groups is 3. The van der Waals surface area contributed by atoms with Crippen molar-refractivity contribution in [3.63, 3.8) is 0 Å². The molecule has 0 aliphatic carbocycles. The Balaban J connectivity index is 2.30. The summed E-state index contributed by atoms with van der Waals surface area (Å²) in [6, 6.07) is 0. The van der Waals surface area contributed by atoms with Gasteiger partial charge < -0.3 is 34.3 Å². The van der Waals surface area contributed by atoms with E-state index < -0.39 is 59.8 Å². The van der Waals surface area contributed by atoms with E-state index in [2.05, 4.69) is 103 Å². The van der Waals surface area contributed by atoms with Crippen LogP contribution in [0.5, 0.6) is 0 Å². The average molecular weight is 1010 g/mol. The number of hydrogen-bond acceptors (Lipinski definition) is 11. The molecule has 0 saturated carbocycles. The first-order valence-corrected chi connectivity index (χ1v) is 28.7. The van der Waals surface area contributed by atoms with E-state index >= 15 is 0 Å². The van der Waals surface area contributed by atoms with E-state index in [0.29, 0.717) is 13.0 Å². The van der Waals surface area contributed by atoms with Gasteiger partial charge in [0.2, 0.25) is 0 Å². The van der Waals surface area contributed by atoms with E-state index in [-0.39, 0.29) is 19.6 Å². The molecular weight excluding hydrogens is 909 g/mol. The van der Waals surface area contributed by atoms with Gasteiger partial charge in [-0.25, -0.2) is 4.18 Å². The molecule has 0 aromatic rings. The SMILES string of the molecule is CC/C=C\C/C=C\C/C=C\C/C=C\CCCCCCCCCCCCCCCOCC(COC1OC(CO)C(O)C(OS(=O)(=O)O)C1O)OC(=O)CCCCCCCCC/C=C\C/C=C\C/C=C\CC. The van der Waals surface area contributed by atoms with Crippen LogP contribution in [0.4, 0.5) is 0 Å². The van der Waals surface area contributed by atoms with Crippen molar-refractivity contribution in [2.45, 2.75) is 243 Å². The molecule has 1 heterocycles. The molecule has 12 nitrogen and oxygen atoms in total. The molecular formula is C57H98O12S. The second-order valence-corrected chi connectivity index (χ2v) is 19.5. The fraction of sp³-hybridized carbons (Fsp3) is 0.737. The minimum absolute atomic E-state index is 0.0272. The Morgan fingerprint density at radius 1 is 0.543 bits per heavy atom. The first kappa shape index (κ1) is 65.3. The minimum atomic E-state index is -5.07. The molecule has 6 unspecified atom stereocenters. The number of carbonyl (C=O) groups excluding carboxylic acids is 1. The monoisotopic (exact) mass is 1010 g/mol. The van der Waals surface area contributed by atoms with Gasteiger partial charge in [0.15, 0.2) is 6.29 Å². The number of allylic oxidation sites excluding steroid dienone is 14. The van der Waals surface area contributed by atoms with Gasteiger partial charge in [-0.3, -0.25) is 9.35 Å². The van der Waals surface area contributed by atoms with E-state index in [0.717, 1.165) is 96.3 Å². The Bertz CT molecular complexity index is 1540. The Morgan fingerprint density at radius 2 is 0.943 bits per heavy atom. The molecule has 0 bridgehead atoms. The van der Waals surface area contributed by atoms with Crippen LogP contribution in [0.1, 0.15) is 206 Å². The van der Waals surface area contributed by atoms with Gasteiger partial charge in [-0.15, -0.1) is 0 Å². The summed E-state index contributed by atoms with van der Waals surface area (Å²) in [5, 5.41) is 30.8. The molecule has 1 fully saturated rings. The van der Waals surface area contributed by atoms with Crippen LogP contribution in [-0.4, -0.2) is 97.5 Å². The molecule has 13 heteroatoms. The van der Waals surface area contributed by atoms with Gasteiger partial charge in [0, 0.05) is 13.0 Å². The Morgan fingerprint density at radius 3 is 1.37 bits per heavy atom. The number of aliphatic hydroxyl groups excluding tert-OH is 3. The molecule has 0 aromatic carbocycles. The van der Waals surface area contributed by atoms with Crippen molar-refractivity contribution in [1.82, 2.24) is 0 Å². The van der Waals surface area contributed by atoms with E-state index in [1.165, 1.54) is 83.5 Å². The van der Waals surface area contributed by atoms with E-state index in [1.54, 1.807) is 0 Å². The number of hydrogen-bond donors (Lipinski definition) is 4. The van der Waals surface area contributed by atoms with Crippen LogP contribution in [0.2, 0.25) is 0 Å². The normalized spacial score (nSPS) is 19.8. The van der Waals surface area contributed by atoms with Crippen molar-refractivity contribution in [2.75, 3.05) is 26.4 Å². The smallest absolute Gasteiger partial charge is 0.397 e. The van der Waals surface area contributed by atoms with Crippen LogP contribution in [0, 0.1) is 0 Å². The van der Waals surface area contributed by atoms with Crippen molar-refractivity contribution in [1.29, 1.82) is 0 Å². The van der Waals surface area contributed by atoms with Gasteiger partial charge >= 0.3 is 16.4 Å². The molecule has 1 aliphatic heterocycles. The molecule has 404 valence electrons. The molecule has 0 radical (unpaired) electrons. The van der Waals surface area contributed by atoms with E-state index in [1.807, 2.05) is 0 Å². The highest BCUT2D eigenvalue weighted by Gasteiger charge is 2.48. The first-order valence-electron chi connectivity index (χ1n) is 27.3. The van der Waals surface area contributed by atoms with Crippen LogP contribution in [0.3, 0.4) is 0 Å². The topological polar surface area (TPSA) is 178 Å². The summed E-state index contributed by atoms with van der Waals surface area (Å²) < 4.78 is 59.3. The maximum absolute atomic E-state index is 12.9. The van der Waals surface area contributed by atoms with Crippen molar-refractivity contribution in [3.8, 4) is 0 Å². The zero-order valence-electron chi connectivity index (χ0n) is 43.6. The highest BCUT2D eigenvalue weighted by atomic mass is 32.3. The van der Waals surface area contributed by atoms with Crippen LogP contribution in [-0.2, 0) is 38.3 Å². The van der Waals surface area contributed by atoms with Crippen molar-refractivity contribution < 1.29 is 56.2 Å². The fourth-order valence-electron chi connectivity index (χ4n) is 7.97. The summed E-state index contributed by atoms with van der Waals surface area (Å²) in [7, 11) is -5.07. The van der Waals surface area contributed by atoms with Gasteiger partial charge in [0.25, 0.3) is 0 Å². The second-order valence-electron chi connectivity index (χ2n) is 18.4. The summed E-state index contributed by atoms with van der Waals surface area (Å²) in [5.74, 6) is -0.411. The lowest BCUT2D eigenvalue weighted by molar-refractivity contribution is -0.301. The summed E-state index contributed by atoms with van der Waals surface area (Å²) in [6.45, 7) is 3.76. The zero-order valence-corrected chi connectivity index (χ0v) is 44.4. The number of carbonyl (C=O) groups is 1. The first-order chi connectivity index (χ1) is 34.1. The largest absolute Gasteiger partial charge is 0.457 e. The zero-order chi connectivity index (χ0) is 51.0. The Hall–Kier alpha value is -2.72. The molecule has 4 N–H and O–H groups in total. The van der Waals surface area contributed by atoms with Gasteiger partial charge in [-0.1, -0.05) is 202 Å². The molecule has 6 atom stereocenters. The Labute approximate surface area is 425 Å². The highest BCUT2D eigenvalue weighted by molar-refractivity contribution is 7.80.